The molecule has 0 saturated heterocycles. The van der Waals surface area contributed by atoms with Gasteiger partial charge in [0.05, 0.1) is 6.04 Å². The molecule has 0 spiro atoms. The molecule has 1 aliphatic rings. The molecule has 1 aliphatic carbocycles. The van der Waals surface area contributed by atoms with Crippen molar-refractivity contribution in [1.29, 1.82) is 0 Å². The van der Waals surface area contributed by atoms with E-state index in [1.807, 2.05) is 0 Å². The van der Waals surface area contributed by atoms with E-state index in [4.69, 9.17) is 4.99 Å². The van der Waals surface area contributed by atoms with E-state index >= 15 is 0 Å². The number of benzene rings is 1. The first-order valence-electron chi connectivity index (χ1n) is 5.36. The van der Waals surface area contributed by atoms with Crippen LogP contribution in [0.25, 0.3) is 0 Å². The number of aliphatic imine (C=N–C) groups is 1. The molecule has 0 heterocycles. The SMILES string of the molecule is CC(C)=NC1CCCc2ccccc21. The smallest absolute Gasteiger partial charge is 0.0750 e. The van der Waals surface area contributed by atoms with Crippen LogP contribution in [-0.4, -0.2) is 5.71 Å². The Balaban J connectivity index is 2.35. The molecule has 1 heteroatoms. The van der Waals surface area contributed by atoms with Gasteiger partial charge in [0.2, 0.25) is 0 Å². The number of aryl methyl sites for hydroxylation is 1. The molecule has 0 amide bonds. The first kappa shape index (κ1) is 9.45. The molecule has 0 saturated carbocycles. The average Bonchev–Trinajstić information content (AvgIpc) is 2.18. The van der Waals surface area contributed by atoms with Gasteiger partial charge in [-0.2, -0.15) is 0 Å². The zero-order chi connectivity index (χ0) is 9.97. The molecule has 1 aromatic carbocycles. The Kier molecular flexibility index (Phi) is 2.67. The monoisotopic (exact) mass is 187 g/mol. The van der Waals surface area contributed by atoms with Crippen LogP contribution in [0.5, 0.6) is 0 Å². The second-order valence-electron chi connectivity index (χ2n) is 4.18. The van der Waals surface area contributed by atoms with Crippen molar-refractivity contribution < 1.29 is 0 Å². The summed E-state index contributed by atoms with van der Waals surface area (Å²) in [5.41, 5.74) is 4.13. The summed E-state index contributed by atoms with van der Waals surface area (Å²) < 4.78 is 0. The molecule has 0 N–H and O–H groups in total. The normalized spacial score (nSPS) is 20.0. The van der Waals surface area contributed by atoms with E-state index in [1.165, 1.54) is 36.1 Å². The van der Waals surface area contributed by atoms with Crippen LogP contribution in [0.3, 0.4) is 0 Å². The molecule has 2 rings (SSSR count). The highest BCUT2D eigenvalue weighted by Crippen LogP contribution is 2.32. The Labute approximate surface area is 85.9 Å². The first-order valence-corrected chi connectivity index (χ1v) is 5.36. The molecule has 0 aromatic heterocycles. The summed E-state index contributed by atoms with van der Waals surface area (Å²) in [4.78, 5) is 4.69. The zero-order valence-electron chi connectivity index (χ0n) is 8.96. The van der Waals surface area contributed by atoms with Gasteiger partial charge in [0.15, 0.2) is 0 Å². The Bertz CT molecular complexity index is 348. The van der Waals surface area contributed by atoms with E-state index in [9.17, 15) is 0 Å². The molecule has 1 aromatic rings. The minimum absolute atomic E-state index is 0.421. The van der Waals surface area contributed by atoms with E-state index in [0.717, 1.165) is 0 Å². The molecule has 1 unspecified atom stereocenters. The molecule has 0 radical (unpaired) electrons. The van der Waals surface area contributed by atoms with Gasteiger partial charge in [0, 0.05) is 5.71 Å². The van der Waals surface area contributed by atoms with E-state index < -0.39 is 0 Å². The number of hydrogen-bond donors (Lipinski definition) is 0. The Morgan fingerprint density at radius 3 is 2.86 bits per heavy atom. The predicted octanol–water partition coefficient (Wildman–Crippen LogP) is 3.54. The number of rotatable bonds is 1. The van der Waals surface area contributed by atoms with E-state index in [2.05, 4.69) is 38.1 Å². The summed E-state index contributed by atoms with van der Waals surface area (Å²) in [7, 11) is 0. The lowest BCUT2D eigenvalue weighted by molar-refractivity contribution is 0.572. The maximum Gasteiger partial charge on any atom is 0.0750 e. The van der Waals surface area contributed by atoms with Crippen LogP contribution < -0.4 is 0 Å². The topological polar surface area (TPSA) is 12.4 Å². The molecule has 74 valence electrons. The van der Waals surface area contributed by atoms with E-state index in [0.29, 0.717) is 6.04 Å². The minimum Gasteiger partial charge on any atom is -0.287 e. The van der Waals surface area contributed by atoms with Gasteiger partial charge in [-0.3, -0.25) is 4.99 Å². The van der Waals surface area contributed by atoms with Crippen molar-refractivity contribution in [2.75, 3.05) is 0 Å². The second kappa shape index (κ2) is 3.95. The van der Waals surface area contributed by atoms with Gasteiger partial charge in [-0.05, 0) is 44.2 Å². The molecule has 1 atom stereocenters. The summed E-state index contributed by atoms with van der Waals surface area (Å²) in [6, 6.07) is 9.14. The molecular formula is C13H17N. The molecule has 1 nitrogen and oxygen atoms in total. The van der Waals surface area contributed by atoms with Gasteiger partial charge in [-0.15, -0.1) is 0 Å². The third-order valence-corrected chi connectivity index (χ3v) is 2.75. The van der Waals surface area contributed by atoms with Gasteiger partial charge in [-0.25, -0.2) is 0 Å². The van der Waals surface area contributed by atoms with Crippen molar-refractivity contribution in [2.45, 2.75) is 39.2 Å². The fraction of sp³-hybridized carbons (Fsp3) is 0.462. The van der Waals surface area contributed by atoms with Crippen LogP contribution in [0.1, 0.15) is 43.9 Å². The molecular weight excluding hydrogens is 170 g/mol. The minimum atomic E-state index is 0.421. The lowest BCUT2D eigenvalue weighted by Crippen LogP contribution is -2.08. The number of nitrogens with zero attached hydrogens (tertiary/aromatic N) is 1. The fourth-order valence-corrected chi connectivity index (χ4v) is 2.17. The van der Waals surface area contributed by atoms with Crippen LogP contribution >= 0.6 is 0 Å². The Morgan fingerprint density at radius 1 is 1.29 bits per heavy atom. The van der Waals surface area contributed by atoms with Crippen molar-refractivity contribution in [3.05, 3.63) is 35.4 Å². The molecule has 0 fully saturated rings. The van der Waals surface area contributed by atoms with Crippen LogP contribution in [0, 0.1) is 0 Å². The van der Waals surface area contributed by atoms with Crippen molar-refractivity contribution in [2.24, 2.45) is 4.99 Å². The zero-order valence-corrected chi connectivity index (χ0v) is 8.96. The third kappa shape index (κ3) is 1.87. The number of hydrogen-bond acceptors (Lipinski definition) is 1. The van der Waals surface area contributed by atoms with Crippen molar-refractivity contribution in [3.63, 3.8) is 0 Å². The highest BCUT2D eigenvalue weighted by molar-refractivity contribution is 5.79. The molecule has 0 bridgehead atoms. The second-order valence-corrected chi connectivity index (χ2v) is 4.18. The van der Waals surface area contributed by atoms with Gasteiger partial charge in [0.25, 0.3) is 0 Å². The summed E-state index contributed by atoms with van der Waals surface area (Å²) in [5, 5.41) is 0. The summed E-state index contributed by atoms with van der Waals surface area (Å²) in [6.45, 7) is 4.16. The van der Waals surface area contributed by atoms with Crippen LogP contribution in [0.2, 0.25) is 0 Å². The lowest BCUT2D eigenvalue weighted by atomic mass is 9.88. The van der Waals surface area contributed by atoms with Crippen molar-refractivity contribution >= 4 is 5.71 Å². The van der Waals surface area contributed by atoms with Gasteiger partial charge in [0.1, 0.15) is 0 Å². The van der Waals surface area contributed by atoms with Gasteiger partial charge in [-0.1, -0.05) is 24.3 Å². The fourth-order valence-electron chi connectivity index (χ4n) is 2.17. The van der Waals surface area contributed by atoms with Crippen molar-refractivity contribution in [3.8, 4) is 0 Å². The molecule has 0 aliphatic heterocycles. The van der Waals surface area contributed by atoms with E-state index in [-0.39, 0.29) is 0 Å². The summed E-state index contributed by atoms with van der Waals surface area (Å²) in [6.07, 6.45) is 3.71. The van der Waals surface area contributed by atoms with Crippen molar-refractivity contribution in [1.82, 2.24) is 0 Å². The summed E-state index contributed by atoms with van der Waals surface area (Å²) >= 11 is 0. The highest BCUT2D eigenvalue weighted by Gasteiger charge is 2.18. The largest absolute Gasteiger partial charge is 0.287 e. The molecule has 14 heavy (non-hydrogen) atoms. The predicted molar refractivity (Wildman–Crippen MR) is 60.9 cm³/mol. The lowest BCUT2D eigenvalue weighted by Gasteiger charge is -2.22. The Morgan fingerprint density at radius 2 is 2.07 bits per heavy atom. The maximum absolute atomic E-state index is 4.69. The van der Waals surface area contributed by atoms with Crippen LogP contribution in [0.4, 0.5) is 0 Å². The maximum atomic E-state index is 4.69. The van der Waals surface area contributed by atoms with E-state index in [1.54, 1.807) is 0 Å². The average molecular weight is 187 g/mol. The Hall–Kier alpha value is -1.11. The van der Waals surface area contributed by atoms with Crippen LogP contribution in [0.15, 0.2) is 29.3 Å². The highest BCUT2D eigenvalue weighted by atomic mass is 14.8. The third-order valence-electron chi connectivity index (χ3n) is 2.75. The summed E-state index contributed by atoms with van der Waals surface area (Å²) in [5.74, 6) is 0. The number of fused-ring (bicyclic) bond motifs is 1. The van der Waals surface area contributed by atoms with Gasteiger partial charge < -0.3 is 0 Å². The van der Waals surface area contributed by atoms with Gasteiger partial charge >= 0.3 is 0 Å². The standard InChI is InChI=1S/C13H17N/c1-10(2)14-13-9-5-7-11-6-3-4-8-12(11)13/h3-4,6,8,13H,5,7,9H2,1-2H3. The first-order chi connectivity index (χ1) is 6.77. The quantitative estimate of drug-likeness (QED) is 0.596. The van der Waals surface area contributed by atoms with Crippen LogP contribution in [-0.2, 0) is 6.42 Å².